The minimum absolute atomic E-state index is 0.223. The Hall–Kier alpha value is -2.84. The van der Waals surface area contributed by atoms with E-state index in [4.69, 9.17) is 4.63 Å². The van der Waals surface area contributed by atoms with Crippen molar-refractivity contribution >= 4 is 16.9 Å². The molecule has 7 nitrogen and oxygen atoms in total. The largest absolute Gasteiger partial charge is 0.379 e. The Balaban J connectivity index is 1.41. The summed E-state index contributed by atoms with van der Waals surface area (Å²) in [6.45, 7) is 1.72. The number of nitrogens with zero attached hydrogens (tertiary/aromatic N) is 4. The maximum Gasteiger partial charge on any atom is 0.256 e. The van der Waals surface area contributed by atoms with Crippen LogP contribution in [-0.4, -0.2) is 56.9 Å². The van der Waals surface area contributed by atoms with E-state index in [0.717, 1.165) is 11.1 Å². The van der Waals surface area contributed by atoms with Gasteiger partial charge in [0, 0.05) is 26.2 Å². The molecule has 0 unspecified atom stereocenters. The van der Waals surface area contributed by atoms with Crippen molar-refractivity contribution in [2.45, 2.75) is 31.5 Å². The van der Waals surface area contributed by atoms with Crippen LogP contribution in [0.4, 0.5) is 4.39 Å². The van der Waals surface area contributed by atoms with Gasteiger partial charge >= 0.3 is 0 Å². The summed E-state index contributed by atoms with van der Waals surface area (Å²) in [7, 11) is 1.87. The molecule has 1 amide bonds. The van der Waals surface area contributed by atoms with E-state index in [2.05, 4.69) is 10.3 Å². The minimum Gasteiger partial charge on any atom is -0.379 e. The zero-order valence-electron chi connectivity index (χ0n) is 16.2. The molecule has 1 aromatic heterocycles. The second kappa shape index (κ2) is 7.88. The summed E-state index contributed by atoms with van der Waals surface area (Å²) < 4.78 is 17.8. The van der Waals surface area contributed by atoms with Crippen molar-refractivity contribution in [3.05, 3.63) is 59.4 Å². The highest BCUT2D eigenvalue weighted by atomic mass is 19.1. The number of likely N-dealkylation sites (tertiary alicyclic amines) is 1. The summed E-state index contributed by atoms with van der Waals surface area (Å²) in [5.41, 5.74) is 1.76. The first-order chi connectivity index (χ1) is 13.9. The Kier molecular flexibility index (Phi) is 5.29. The number of carbonyl (C=O) groups is 1. The highest BCUT2D eigenvalue weighted by Crippen LogP contribution is 2.26. The van der Waals surface area contributed by atoms with E-state index >= 15 is 0 Å². The number of carbonyl (C=O) groups excluding carboxylic acids is 1. The van der Waals surface area contributed by atoms with E-state index < -0.39 is 5.60 Å². The molecule has 2 aromatic carbocycles. The fourth-order valence-electron chi connectivity index (χ4n) is 3.91. The Morgan fingerprint density at radius 1 is 1.17 bits per heavy atom. The standard InChI is InChI=1S/C21H23FN4O3/c1-25(12-16-5-8-18-19(11-16)24-29-23-18)14-21(28)9-2-10-26(20(21)27)13-15-3-6-17(22)7-4-15/h3-8,11,28H,2,9-10,12-14H2,1H3/t21-/m1/s1. The molecule has 2 heterocycles. The number of hydrogen-bond acceptors (Lipinski definition) is 6. The number of aromatic nitrogens is 2. The van der Waals surface area contributed by atoms with Crippen LogP contribution in [0.5, 0.6) is 0 Å². The molecule has 1 atom stereocenters. The van der Waals surface area contributed by atoms with Gasteiger partial charge < -0.3 is 10.0 Å². The summed E-state index contributed by atoms with van der Waals surface area (Å²) in [6.07, 6.45) is 1.14. The Morgan fingerprint density at radius 3 is 2.69 bits per heavy atom. The van der Waals surface area contributed by atoms with Crippen molar-refractivity contribution in [2.24, 2.45) is 0 Å². The fourth-order valence-corrected chi connectivity index (χ4v) is 3.91. The number of halogens is 1. The highest BCUT2D eigenvalue weighted by molar-refractivity contribution is 5.86. The van der Waals surface area contributed by atoms with E-state index in [-0.39, 0.29) is 18.3 Å². The first-order valence-electron chi connectivity index (χ1n) is 9.59. The average molecular weight is 398 g/mol. The predicted octanol–water partition coefficient (Wildman–Crippen LogP) is 2.35. The normalized spacial score (nSPS) is 20.0. The van der Waals surface area contributed by atoms with Crippen molar-refractivity contribution in [1.82, 2.24) is 20.1 Å². The molecule has 1 saturated heterocycles. The van der Waals surface area contributed by atoms with Crippen LogP contribution in [0.1, 0.15) is 24.0 Å². The molecule has 29 heavy (non-hydrogen) atoms. The summed E-state index contributed by atoms with van der Waals surface area (Å²) in [4.78, 5) is 16.6. The van der Waals surface area contributed by atoms with Crippen LogP contribution >= 0.6 is 0 Å². The minimum atomic E-state index is -1.44. The molecule has 1 aliphatic rings. The Bertz CT molecular complexity index is 1010. The molecular formula is C21H23FN4O3. The average Bonchev–Trinajstić information content (AvgIpc) is 3.15. The van der Waals surface area contributed by atoms with E-state index in [1.165, 1.54) is 12.1 Å². The van der Waals surface area contributed by atoms with Gasteiger partial charge in [0.15, 0.2) is 5.60 Å². The van der Waals surface area contributed by atoms with Gasteiger partial charge in [0.05, 0.1) is 0 Å². The lowest BCUT2D eigenvalue weighted by Crippen LogP contribution is -2.57. The van der Waals surface area contributed by atoms with Gasteiger partial charge in [0.1, 0.15) is 16.9 Å². The third-order valence-electron chi connectivity index (χ3n) is 5.29. The van der Waals surface area contributed by atoms with Gasteiger partial charge in [-0.2, -0.15) is 0 Å². The third-order valence-corrected chi connectivity index (χ3v) is 5.29. The molecule has 1 fully saturated rings. The molecule has 8 heteroatoms. The molecule has 4 rings (SSSR count). The van der Waals surface area contributed by atoms with Crippen LogP contribution in [0, 0.1) is 5.82 Å². The van der Waals surface area contributed by atoms with Crippen molar-refractivity contribution < 1.29 is 18.9 Å². The first-order valence-corrected chi connectivity index (χ1v) is 9.59. The van der Waals surface area contributed by atoms with Gasteiger partial charge in [-0.3, -0.25) is 9.69 Å². The Morgan fingerprint density at radius 2 is 1.90 bits per heavy atom. The number of piperidine rings is 1. The van der Waals surface area contributed by atoms with Crippen LogP contribution in [0.15, 0.2) is 47.1 Å². The smallest absolute Gasteiger partial charge is 0.256 e. The number of benzene rings is 2. The van der Waals surface area contributed by atoms with Crippen LogP contribution in [0.3, 0.4) is 0 Å². The van der Waals surface area contributed by atoms with Gasteiger partial charge in [-0.1, -0.05) is 18.2 Å². The molecule has 0 radical (unpaired) electrons. The lowest BCUT2D eigenvalue weighted by molar-refractivity contribution is -0.160. The monoisotopic (exact) mass is 398 g/mol. The number of amides is 1. The molecule has 1 aliphatic heterocycles. The van der Waals surface area contributed by atoms with Crippen LogP contribution in [-0.2, 0) is 17.9 Å². The van der Waals surface area contributed by atoms with Crippen LogP contribution in [0.2, 0.25) is 0 Å². The van der Waals surface area contributed by atoms with E-state index in [1.54, 1.807) is 17.0 Å². The number of hydrogen-bond donors (Lipinski definition) is 1. The maximum absolute atomic E-state index is 13.1. The summed E-state index contributed by atoms with van der Waals surface area (Å²) in [6, 6.07) is 11.7. The van der Waals surface area contributed by atoms with Gasteiger partial charge in [-0.15, -0.1) is 0 Å². The number of likely N-dealkylation sites (N-methyl/N-ethyl adjacent to an activating group) is 1. The molecule has 3 aromatic rings. The molecule has 0 aliphatic carbocycles. The Labute approximate surface area is 167 Å². The lowest BCUT2D eigenvalue weighted by atomic mass is 9.90. The van der Waals surface area contributed by atoms with E-state index in [1.807, 2.05) is 30.1 Å². The number of aliphatic hydroxyl groups is 1. The van der Waals surface area contributed by atoms with Crippen molar-refractivity contribution in [3.8, 4) is 0 Å². The number of rotatable bonds is 6. The molecule has 1 N–H and O–H groups in total. The van der Waals surface area contributed by atoms with Gasteiger partial charge in [0.2, 0.25) is 0 Å². The SMILES string of the molecule is CN(Cc1ccc2nonc2c1)C[C@]1(O)CCCN(Cc2ccc(F)cc2)C1=O. The van der Waals surface area contributed by atoms with E-state index in [9.17, 15) is 14.3 Å². The lowest BCUT2D eigenvalue weighted by Gasteiger charge is -2.40. The number of fused-ring (bicyclic) bond motifs is 1. The summed E-state index contributed by atoms with van der Waals surface area (Å²) >= 11 is 0. The maximum atomic E-state index is 13.1. The van der Waals surface area contributed by atoms with Crippen LogP contribution < -0.4 is 0 Å². The van der Waals surface area contributed by atoms with Gasteiger partial charge in [0.25, 0.3) is 5.91 Å². The predicted molar refractivity (Wildman–Crippen MR) is 104 cm³/mol. The van der Waals surface area contributed by atoms with Crippen molar-refractivity contribution in [1.29, 1.82) is 0 Å². The van der Waals surface area contributed by atoms with Gasteiger partial charge in [-0.25, -0.2) is 9.02 Å². The van der Waals surface area contributed by atoms with E-state index in [0.29, 0.717) is 43.5 Å². The molecule has 0 saturated carbocycles. The van der Waals surface area contributed by atoms with Crippen molar-refractivity contribution in [2.75, 3.05) is 20.1 Å². The highest BCUT2D eigenvalue weighted by Gasteiger charge is 2.42. The zero-order chi connectivity index (χ0) is 20.4. The van der Waals surface area contributed by atoms with Crippen molar-refractivity contribution in [3.63, 3.8) is 0 Å². The molecule has 0 bridgehead atoms. The molecule has 0 spiro atoms. The second-order valence-electron chi connectivity index (χ2n) is 7.75. The van der Waals surface area contributed by atoms with Crippen LogP contribution in [0.25, 0.3) is 11.0 Å². The first kappa shape index (κ1) is 19.5. The quantitative estimate of drug-likeness (QED) is 0.686. The molecule has 152 valence electrons. The second-order valence-corrected chi connectivity index (χ2v) is 7.75. The fraction of sp³-hybridized carbons (Fsp3) is 0.381. The topological polar surface area (TPSA) is 82.7 Å². The zero-order valence-corrected chi connectivity index (χ0v) is 16.2. The molecular weight excluding hydrogens is 375 g/mol. The summed E-state index contributed by atoms with van der Waals surface area (Å²) in [5.74, 6) is -0.590. The summed E-state index contributed by atoms with van der Waals surface area (Å²) in [5, 5.41) is 18.7. The van der Waals surface area contributed by atoms with Gasteiger partial charge in [-0.05, 0) is 65.6 Å². The third kappa shape index (κ3) is 4.28.